The Bertz CT molecular complexity index is 438. The summed E-state index contributed by atoms with van der Waals surface area (Å²) in [6.07, 6.45) is 1.47. The van der Waals surface area contributed by atoms with Crippen molar-refractivity contribution in [2.24, 2.45) is 0 Å². The molecule has 0 aliphatic rings. The van der Waals surface area contributed by atoms with E-state index in [0.29, 0.717) is 30.0 Å². The summed E-state index contributed by atoms with van der Waals surface area (Å²) >= 11 is 5.62. The van der Waals surface area contributed by atoms with Crippen LogP contribution in [0.4, 0.5) is 0 Å². The number of benzene rings is 1. The first kappa shape index (κ1) is 13.5. The number of carbonyl (C=O) groups excluding carboxylic acids is 1. The molecule has 0 aliphatic heterocycles. The number of hydrogen-bond donors (Lipinski definition) is 0. The van der Waals surface area contributed by atoms with E-state index in [1.54, 1.807) is 25.1 Å². The molecule has 0 saturated carbocycles. The fourth-order valence-corrected chi connectivity index (χ4v) is 1.64. The maximum atomic E-state index is 11.5. The molecule has 0 unspecified atom stereocenters. The van der Waals surface area contributed by atoms with E-state index in [-0.39, 0.29) is 5.97 Å². The van der Waals surface area contributed by atoms with Gasteiger partial charge in [-0.2, -0.15) is 5.26 Å². The Morgan fingerprint density at radius 2 is 2.29 bits per heavy atom. The van der Waals surface area contributed by atoms with Crippen LogP contribution in [0.15, 0.2) is 18.2 Å². The van der Waals surface area contributed by atoms with Crippen LogP contribution in [0.2, 0.25) is 0 Å². The van der Waals surface area contributed by atoms with E-state index in [4.69, 9.17) is 21.6 Å². The van der Waals surface area contributed by atoms with Crippen LogP contribution in [0.1, 0.15) is 34.8 Å². The first-order valence-corrected chi connectivity index (χ1v) is 6.02. The van der Waals surface area contributed by atoms with Gasteiger partial charge in [0, 0.05) is 5.88 Å². The Morgan fingerprint density at radius 1 is 1.53 bits per heavy atom. The van der Waals surface area contributed by atoms with E-state index < -0.39 is 0 Å². The van der Waals surface area contributed by atoms with Gasteiger partial charge in [0.15, 0.2) is 0 Å². The summed E-state index contributed by atoms with van der Waals surface area (Å²) in [5.41, 5.74) is 1.91. The fraction of sp³-hybridized carbons (Fsp3) is 0.385. The first-order chi connectivity index (χ1) is 8.22. The van der Waals surface area contributed by atoms with Gasteiger partial charge >= 0.3 is 5.97 Å². The summed E-state index contributed by atoms with van der Waals surface area (Å²) in [5.74, 6) is 0.179. The van der Waals surface area contributed by atoms with Gasteiger partial charge in [-0.1, -0.05) is 0 Å². The average Bonchev–Trinajstić information content (AvgIpc) is 2.36. The van der Waals surface area contributed by atoms with Gasteiger partial charge in [-0.3, -0.25) is 0 Å². The maximum Gasteiger partial charge on any atom is 0.338 e. The largest absolute Gasteiger partial charge is 0.462 e. The lowest BCUT2D eigenvalue weighted by Gasteiger charge is -2.06. The molecule has 0 radical (unpaired) electrons. The standard InChI is InChI=1S/C13H14ClNO2/c1-2-17-13(16)11-5-6-12(9-15)10(8-11)4-3-7-14/h5-6,8H,2-4,7H2,1H3. The van der Waals surface area contributed by atoms with Crippen molar-refractivity contribution in [3.63, 3.8) is 0 Å². The van der Waals surface area contributed by atoms with Crippen molar-refractivity contribution in [2.75, 3.05) is 12.5 Å². The molecule has 0 amide bonds. The van der Waals surface area contributed by atoms with E-state index in [1.165, 1.54) is 0 Å². The Kier molecular flexibility index (Phi) is 5.51. The molecule has 3 nitrogen and oxygen atoms in total. The van der Waals surface area contributed by atoms with Crippen LogP contribution in [0.3, 0.4) is 0 Å². The third-order valence-corrected chi connectivity index (χ3v) is 2.58. The number of carbonyl (C=O) groups is 1. The minimum atomic E-state index is -0.357. The molecule has 1 aromatic rings. The molecule has 1 rings (SSSR count). The molecule has 90 valence electrons. The van der Waals surface area contributed by atoms with E-state index in [2.05, 4.69) is 6.07 Å². The fourth-order valence-electron chi connectivity index (χ4n) is 1.51. The number of hydrogen-bond acceptors (Lipinski definition) is 3. The molecule has 0 atom stereocenters. The van der Waals surface area contributed by atoms with E-state index in [1.807, 2.05) is 0 Å². The predicted molar refractivity (Wildman–Crippen MR) is 66.2 cm³/mol. The number of nitrogens with zero attached hydrogens (tertiary/aromatic N) is 1. The minimum absolute atomic E-state index is 0.343. The number of ether oxygens (including phenoxy) is 1. The van der Waals surface area contributed by atoms with Gasteiger partial charge in [0.2, 0.25) is 0 Å². The highest BCUT2D eigenvalue weighted by molar-refractivity contribution is 6.17. The molecule has 0 spiro atoms. The Labute approximate surface area is 106 Å². The number of aryl methyl sites for hydroxylation is 1. The van der Waals surface area contributed by atoms with Crippen LogP contribution < -0.4 is 0 Å². The highest BCUT2D eigenvalue weighted by Crippen LogP contribution is 2.14. The highest BCUT2D eigenvalue weighted by Gasteiger charge is 2.10. The molecule has 17 heavy (non-hydrogen) atoms. The van der Waals surface area contributed by atoms with E-state index in [0.717, 1.165) is 12.0 Å². The van der Waals surface area contributed by atoms with Crippen molar-refractivity contribution in [3.8, 4) is 6.07 Å². The van der Waals surface area contributed by atoms with Gasteiger partial charge in [-0.05, 0) is 43.5 Å². The van der Waals surface area contributed by atoms with Gasteiger partial charge in [-0.25, -0.2) is 4.79 Å². The second-order valence-corrected chi connectivity index (χ2v) is 3.87. The Morgan fingerprint density at radius 3 is 2.88 bits per heavy atom. The highest BCUT2D eigenvalue weighted by atomic mass is 35.5. The first-order valence-electron chi connectivity index (χ1n) is 5.49. The van der Waals surface area contributed by atoms with Crippen LogP contribution in [0.5, 0.6) is 0 Å². The lowest BCUT2D eigenvalue weighted by molar-refractivity contribution is 0.0526. The molecule has 0 N–H and O–H groups in total. The second-order valence-electron chi connectivity index (χ2n) is 3.50. The van der Waals surface area contributed by atoms with Crippen molar-refractivity contribution in [3.05, 3.63) is 34.9 Å². The van der Waals surface area contributed by atoms with Crippen LogP contribution in [-0.2, 0) is 11.2 Å². The predicted octanol–water partition coefficient (Wildman–Crippen LogP) is 2.91. The lowest BCUT2D eigenvalue weighted by Crippen LogP contribution is -2.06. The van der Waals surface area contributed by atoms with Crippen LogP contribution in [-0.4, -0.2) is 18.5 Å². The molecule has 0 heterocycles. The summed E-state index contributed by atoms with van der Waals surface area (Å²) in [6, 6.07) is 7.08. The van der Waals surface area contributed by atoms with Gasteiger partial charge < -0.3 is 4.74 Å². The zero-order valence-electron chi connectivity index (χ0n) is 9.70. The summed E-state index contributed by atoms with van der Waals surface area (Å²) in [7, 11) is 0. The zero-order valence-corrected chi connectivity index (χ0v) is 10.5. The quantitative estimate of drug-likeness (QED) is 0.597. The number of esters is 1. The van der Waals surface area contributed by atoms with Gasteiger partial charge in [0.1, 0.15) is 0 Å². The lowest BCUT2D eigenvalue weighted by atomic mass is 10.0. The van der Waals surface area contributed by atoms with Gasteiger partial charge in [0.05, 0.1) is 23.8 Å². The van der Waals surface area contributed by atoms with Crippen molar-refractivity contribution in [1.29, 1.82) is 5.26 Å². The van der Waals surface area contributed by atoms with Crippen molar-refractivity contribution in [1.82, 2.24) is 0 Å². The number of nitriles is 1. The smallest absolute Gasteiger partial charge is 0.338 e. The topological polar surface area (TPSA) is 50.1 Å². The SMILES string of the molecule is CCOC(=O)c1ccc(C#N)c(CCCCl)c1. The van der Waals surface area contributed by atoms with Gasteiger partial charge in [0.25, 0.3) is 0 Å². The second kappa shape index (κ2) is 6.93. The van der Waals surface area contributed by atoms with Crippen LogP contribution in [0.25, 0.3) is 0 Å². The number of rotatable bonds is 5. The monoisotopic (exact) mass is 251 g/mol. The molecule has 0 saturated heterocycles. The maximum absolute atomic E-state index is 11.5. The van der Waals surface area contributed by atoms with Crippen molar-refractivity contribution in [2.45, 2.75) is 19.8 Å². The normalized spacial score (nSPS) is 9.71. The number of halogens is 1. The molecular formula is C13H14ClNO2. The third kappa shape index (κ3) is 3.76. The molecule has 1 aromatic carbocycles. The minimum Gasteiger partial charge on any atom is -0.462 e. The molecular weight excluding hydrogens is 238 g/mol. The third-order valence-electron chi connectivity index (χ3n) is 2.32. The van der Waals surface area contributed by atoms with E-state index >= 15 is 0 Å². The van der Waals surface area contributed by atoms with Crippen LogP contribution in [0, 0.1) is 11.3 Å². The Balaban J connectivity index is 2.96. The molecule has 0 fully saturated rings. The zero-order chi connectivity index (χ0) is 12.7. The van der Waals surface area contributed by atoms with E-state index in [9.17, 15) is 4.79 Å². The summed E-state index contributed by atoms with van der Waals surface area (Å²) in [5, 5.41) is 8.95. The summed E-state index contributed by atoms with van der Waals surface area (Å²) in [6.45, 7) is 2.10. The average molecular weight is 252 g/mol. The van der Waals surface area contributed by atoms with Gasteiger partial charge in [-0.15, -0.1) is 11.6 Å². The van der Waals surface area contributed by atoms with Crippen molar-refractivity contribution < 1.29 is 9.53 Å². The summed E-state index contributed by atoms with van der Waals surface area (Å²) in [4.78, 5) is 11.5. The molecule has 0 aliphatic carbocycles. The van der Waals surface area contributed by atoms with Crippen LogP contribution >= 0.6 is 11.6 Å². The summed E-state index contributed by atoms with van der Waals surface area (Å²) < 4.78 is 4.91. The molecule has 4 heteroatoms. The Hall–Kier alpha value is -1.53. The molecule has 0 aromatic heterocycles. The number of alkyl halides is 1. The van der Waals surface area contributed by atoms with Crippen molar-refractivity contribution >= 4 is 17.6 Å². The molecule has 0 bridgehead atoms.